The molecule has 0 aliphatic carbocycles. The minimum atomic E-state index is 0.619. The van der Waals surface area contributed by atoms with Gasteiger partial charge in [-0.1, -0.05) is 11.3 Å². The van der Waals surface area contributed by atoms with E-state index in [1.165, 1.54) is 25.9 Å². The Morgan fingerprint density at radius 3 is 2.75 bits per heavy atom. The Kier molecular flexibility index (Phi) is 2.92. The average Bonchev–Trinajstić information content (AvgIpc) is 3.00. The van der Waals surface area contributed by atoms with Crippen molar-refractivity contribution >= 4 is 16.5 Å². The number of hydrogen-bond acceptors (Lipinski definition) is 7. The van der Waals surface area contributed by atoms with E-state index in [2.05, 4.69) is 30.1 Å². The van der Waals surface area contributed by atoms with E-state index in [0.717, 1.165) is 29.1 Å². The second kappa shape index (κ2) is 4.78. The molecule has 3 aliphatic heterocycles. The van der Waals surface area contributed by atoms with Gasteiger partial charge in [-0.15, -0.1) is 10.2 Å². The third-order valence-corrected chi connectivity index (χ3v) is 5.17. The van der Waals surface area contributed by atoms with Gasteiger partial charge in [-0.2, -0.15) is 5.10 Å². The smallest absolute Gasteiger partial charge is 0.209 e. The van der Waals surface area contributed by atoms with Crippen molar-refractivity contribution in [1.29, 1.82) is 0 Å². The van der Waals surface area contributed by atoms with Crippen molar-refractivity contribution < 1.29 is 0 Å². The van der Waals surface area contributed by atoms with E-state index in [1.54, 1.807) is 22.3 Å². The van der Waals surface area contributed by atoms with E-state index in [1.807, 2.05) is 7.05 Å². The Balaban J connectivity index is 1.63. The molecule has 0 amide bonds. The van der Waals surface area contributed by atoms with Gasteiger partial charge in [0.05, 0.1) is 0 Å². The zero-order valence-corrected chi connectivity index (χ0v) is 12.3. The van der Waals surface area contributed by atoms with Gasteiger partial charge in [0.15, 0.2) is 10.8 Å². The third-order valence-electron chi connectivity index (χ3n) is 4.22. The zero-order valence-electron chi connectivity index (χ0n) is 11.4. The first kappa shape index (κ1) is 12.2. The standard InChI is InChI=1S/C12H17N7S/c1-17-10(13-8-14-17)11-15-16-12(20-11)19-7-6-18-4-2-9(19)3-5-18/h8-9H,2-7H2,1H3. The van der Waals surface area contributed by atoms with Gasteiger partial charge in [0, 0.05) is 39.3 Å². The van der Waals surface area contributed by atoms with Crippen molar-refractivity contribution in [3.63, 3.8) is 0 Å². The molecule has 3 aliphatic rings. The maximum Gasteiger partial charge on any atom is 0.209 e. The monoisotopic (exact) mass is 291 g/mol. The molecule has 2 bridgehead atoms. The lowest BCUT2D eigenvalue weighted by Crippen LogP contribution is -2.37. The van der Waals surface area contributed by atoms with Crippen LogP contribution in [0.4, 0.5) is 5.13 Å². The number of hydrogen-bond donors (Lipinski definition) is 0. The summed E-state index contributed by atoms with van der Waals surface area (Å²) in [5, 5.41) is 14.7. The van der Waals surface area contributed by atoms with E-state index < -0.39 is 0 Å². The van der Waals surface area contributed by atoms with Gasteiger partial charge >= 0.3 is 0 Å². The predicted molar refractivity (Wildman–Crippen MR) is 76.7 cm³/mol. The highest BCUT2D eigenvalue weighted by atomic mass is 32.1. The van der Waals surface area contributed by atoms with Crippen LogP contribution in [-0.4, -0.2) is 62.1 Å². The van der Waals surface area contributed by atoms with Crippen molar-refractivity contribution in [1.82, 2.24) is 29.9 Å². The lowest BCUT2D eigenvalue weighted by atomic mass is 10.1. The molecule has 0 unspecified atom stereocenters. The van der Waals surface area contributed by atoms with Crippen molar-refractivity contribution in [3.05, 3.63) is 6.33 Å². The van der Waals surface area contributed by atoms with Crippen LogP contribution in [0, 0.1) is 0 Å². The highest BCUT2D eigenvalue weighted by Gasteiger charge is 2.31. The quantitative estimate of drug-likeness (QED) is 0.808. The Morgan fingerprint density at radius 1 is 1.15 bits per heavy atom. The summed E-state index contributed by atoms with van der Waals surface area (Å²) in [6, 6.07) is 0.619. The summed E-state index contributed by atoms with van der Waals surface area (Å²) in [4.78, 5) is 9.22. The largest absolute Gasteiger partial charge is 0.342 e. The third kappa shape index (κ3) is 1.99. The van der Waals surface area contributed by atoms with Gasteiger partial charge in [0.2, 0.25) is 5.13 Å². The molecule has 20 heavy (non-hydrogen) atoms. The van der Waals surface area contributed by atoms with E-state index in [0.29, 0.717) is 6.04 Å². The maximum absolute atomic E-state index is 4.39. The molecule has 8 heteroatoms. The summed E-state index contributed by atoms with van der Waals surface area (Å²) in [7, 11) is 1.88. The minimum Gasteiger partial charge on any atom is -0.342 e. The summed E-state index contributed by atoms with van der Waals surface area (Å²) < 4.78 is 1.74. The normalized spacial score (nSPS) is 25.9. The molecule has 0 radical (unpaired) electrons. The summed E-state index contributed by atoms with van der Waals surface area (Å²) in [5.74, 6) is 0.789. The Bertz CT molecular complexity index is 598. The molecule has 3 saturated heterocycles. The maximum atomic E-state index is 4.39. The van der Waals surface area contributed by atoms with Crippen molar-refractivity contribution in [2.75, 3.05) is 31.1 Å². The van der Waals surface area contributed by atoms with Crippen LogP contribution < -0.4 is 4.90 Å². The number of aromatic nitrogens is 5. The SMILES string of the molecule is Cn1ncnc1-c1nnc(N2CCN3CCC2CC3)s1. The van der Waals surface area contributed by atoms with Crippen LogP contribution in [0.3, 0.4) is 0 Å². The van der Waals surface area contributed by atoms with Gasteiger partial charge < -0.3 is 9.80 Å². The highest BCUT2D eigenvalue weighted by molar-refractivity contribution is 7.18. The number of rotatable bonds is 2. The van der Waals surface area contributed by atoms with E-state index in [4.69, 9.17) is 0 Å². The Hall–Kier alpha value is -1.54. The van der Waals surface area contributed by atoms with Crippen LogP contribution in [0.5, 0.6) is 0 Å². The molecular weight excluding hydrogens is 274 g/mol. The van der Waals surface area contributed by atoms with Gasteiger partial charge in [-0.05, 0) is 12.8 Å². The molecule has 0 saturated carbocycles. The lowest BCUT2D eigenvalue weighted by Gasteiger charge is -2.30. The predicted octanol–water partition coefficient (Wildman–Crippen LogP) is 0.618. The summed E-state index contributed by atoms with van der Waals surface area (Å²) in [6.45, 7) is 4.62. The summed E-state index contributed by atoms with van der Waals surface area (Å²) in [5.41, 5.74) is 0. The molecule has 0 atom stereocenters. The van der Waals surface area contributed by atoms with Gasteiger partial charge in [0.1, 0.15) is 6.33 Å². The first-order valence-corrected chi connectivity index (χ1v) is 7.80. The number of fused-ring (bicyclic) bond motifs is 4. The molecule has 5 rings (SSSR count). The Labute approximate surface area is 121 Å². The second-order valence-electron chi connectivity index (χ2n) is 5.36. The number of nitrogens with zero attached hydrogens (tertiary/aromatic N) is 7. The topological polar surface area (TPSA) is 63.0 Å². The molecular formula is C12H17N7S. The first-order chi connectivity index (χ1) is 9.81. The molecule has 0 aromatic carbocycles. The fourth-order valence-electron chi connectivity index (χ4n) is 3.05. The van der Waals surface area contributed by atoms with Crippen LogP contribution in [-0.2, 0) is 7.05 Å². The fourth-order valence-corrected chi connectivity index (χ4v) is 4.02. The zero-order chi connectivity index (χ0) is 13.5. The molecule has 106 valence electrons. The van der Waals surface area contributed by atoms with E-state index in [9.17, 15) is 0 Å². The Morgan fingerprint density at radius 2 is 2.00 bits per heavy atom. The minimum absolute atomic E-state index is 0.619. The summed E-state index contributed by atoms with van der Waals surface area (Å²) >= 11 is 1.62. The van der Waals surface area contributed by atoms with Gasteiger partial charge in [-0.3, -0.25) is 0 Å². The molecule has 5 heterocycles. The van der Waals surface area contributed by atoms with E-state index in [-0.39, 0.29) is 0 Å². The highest BCUT2D eigenvalue weighted by Crippen LogP contribution is 2.31. The number of aryl methyl sites for hydroxylation is 1. The van der Waals surface area contributed by atoms with Gasteiger partial charge in [0.25, 0.3) is 0 Å². The van der Waals surface area contributed by atoms with Crippen LogP contribution in [0.25, 0.3) is 10.8 Å². The van der Waals surface area contributed by atoms with Gasteiger partial charge in [-0.25, -0.2) is 9.67 Å². The van der Waals surface area contributed by atoms with Crippen molar-refractivity contribution in [2.24, 2.45) is 7.05 Å². The van der Waals surface area contributed by atoms with Crippen LogP contribution >= 0.6 is 11.3 Å². The molecule has 2 aromatic rings. The molecule has 0 spiro atoms. The van der Waals surface area contributed by atoms with Crippen molar-refractivity contribution in [3.8, 4) is 10.8 Å². The average molecular weight is 291 g/mol. The van der Waals surface area contributed by atoms with E-state index >= 15 is 0 Å². The summed E-state index contributed by atoms with van der Waals surface area (Å²) in [6.07, 6.45) is 4.02. The fraction of sp³-hybridized carbons (Fsp3) is 0.667. The van der Waals surface area contributed by atoms with Crippen LogP contribution in [0.1, 0.15) is 12.8 Å². The molecule has 7 nitrogen and oxygen atoms in total. The second-order valence-corrected chi connectivity index (χ2v) is 6.32. The first-order valence-electron chi connectivity index (χ1n) is 6.98. The lowest BCUT2D eigenvalue weighted by molar-refractivity contribution is 0.250. The molecule has 2 aromatic heterocycles. The number of anilines is 1. The van der Waals surface area contributed by atoms with Crippen LogP contribution in [0.15, 0.2) is 6.33 Å². The van der Waals surface area contributed by atoms with Crippen molar-refractivity contribution in [2.45, 2.75) is 18.9 Å². The molecule has 0 N–H and O–H groups in total. The number of piperidine rings is 1. The van der Waals surface area contributed by atoms with Crippen LogP contribution in [0.2, 0.25) is 0 Å². The molecule has 3 fully saturated rings.